The molecule has 2 unspecified atom stereocenters. The Morgan fingerprint density at radius 1 is 0.776 bits per heavy atom. The lowest BCUT2D eigenvalue weighted by atomic mass is 9.96. The van der Waals surface area contributed by atoms with E-state index in [0.717, 1.165) is 31.7 Å². The first-order valence-electron chi connectivity index (χ1n) is 16.2. The smallest absolute Gasteiger partial charge is 0.334 e. The third-order valence-electron chi connectivity index (χ3n) is 9.05. The van der Waals surface area contributed by atoms with Crippen LogP contribution in [0.2, 0.25) is 5.02 Å². The predicted octanol–water partition coefficient (Wildman–Crippen LogP) is -1.77. The Kier molecular flexibility index (Phi) is 13.7. The quantitative estimate of drug-likeness (QED) is 0.0905. The third kappa shape index (κ3) is 9.32. The van der Waals surface area contributed by atoms with Gasteiger partial charge >= 0.3 is 5.97 Å². The van der Waals surface area contributed by atoms with Crippen LogP contribution in [0.25, 0.3) is 0 Å². The minimum Gasteiger partial charge on any atom is -0.431 e. The van der Waals surface area contributed by atoms with Crippen LogP contribution in [-0.2, 0) is 28.5 Å². The van der Waals surface area contributed by atoms with Crippen LogP contribution in [0.4, 0.5) is 0 Å². The maximum absolute atomic E-state index is 12.5. The van der Waals surface area contributed by atoms with Crippen molar-refractivity contribution in [2.45, 2.75) is 67.5 Å². The minimum atomic E-state index is -1.83. The van der Waals surface area contributed by atoms with Crippen molar-refractivity contribution in [1.82, 2.24) is 9.80 Å². The van der Waals surface area contributed by atoms with E-state index in [2.05, 4.69) is 34.1 Å². The van der Waals surface area contributed by atoms with E-state index in [0.29, 0.717) is 11.6 Å². The highest BCUT2D eigenvalue weighted by atomic mass is 35.5. The molecule has 49 heavy (non-hydrogen) atoms. The van der Waals surface area contributed by atoms with Crippen molar-refractivity contribution < 1.29 is 64.2 Å². The van der Waals surface area contributed by atoms with Crippen molar-refractivity contribution in [3.63, 3.8) is 0 Å². The highest BCUT2D eigenvalue weighted by Gasteiger charge is 2.51. The second-order valence-corrected chi connectivity index (χ2v) is 12.7. The molecule has 0 bridgehead atoms. The first kappa shape index (κ1) is 37.9. The Morgan fingerprint density at radius 2 is 1.39 bits per heavy atom. The number of ether oxygens (including phenoxy) is 5. The number of esters is 1. The van der Waals surface area contributed by atoms with Crippen molar-refractivity contribution in [3.05, 3.63) is 70.7 Å². The molecule has 3 saturated heterocycles. The summed E-state index contributed by atoms with van der Waals surface area (Å²) in [6.45, 7) is 2.10. The number of piperazine rings is 1. The Hall–Kier alpha value is -2.32. The largest absolute Gasteiger partial charge is 0.431 e. The van der Waals surface area contributed by atoms with Crippen molar-refractivity contribution in [2.75, 3.05) is 59.2 Å². The van der Waals surface area contributed by atoms with Gasteiger partial charge < -0.3 is 59.4 Å². The highest BCUT2D eigenvalue weighted by molar-refractivity contribution is 6.30. The first-order chi connectivity index (χ1) is 23.6. The average molecular weight is 713 g/mol. The fourth-order valence-corrected chi connectivity index (χ4v) is 6.43. The normalized spacial score (nSPS) is 33.6. The van der Waals surface area contributed by atoms with Crippen molar-refractivity contribution in [2.24, 2.45) is 0 Å². The maximum atomic E-state index is 12.5. The summed E-state index contributed by atoms with van der Waals surface area (Å²) in [5.41, 5.74) is 2.36. The number of hydrogen-bond donors (Lipinski definition) is 7. The number of carbonyl (C=O) groups is 1. The number of aliphatic hydroxyl groups excluding tert-OH is 7. The van der Waals surface area contributed by atoms with Gasteiger partial charge in [0.2, 0.25) is 6.29 Å². The van der Waals surface area contributed by atoms with E-state index in [-0.39, 0.29) is 12.6 Å². The zero-order chi connectivity index (χ0) is 35.1. The number of carbonyl (C=O) groups excluding carboxylic acids is 1. The molecular formula is C33H45ClN2O13. The molecule has 0 radical (unpaired) electrons. The number of aliphatic hydroxyl groups is 7. The Labute approximate surface area is 288 Å². The highest BCUT2D eigenvalue weighted by Crippen LogP contribution is 2.31. The maximum Gasteiger partial charge on any atom is 0.334 e. The van der Waals surface area contributed by atoms with E-state index in [1.807, 2.05) is 30.3 Å². The SMILES string of the molecule is O=C(COCCN1CCN(C(c2ccccc2)c2ccc(Cl)cc2)CC1)OC1O[C@H](CO)[C@@H](O[C@@H]2O[C@H](CO)[C@H](O)[C@H](O)[C@H]2O)[C@H](O)[C@H]1O. The van der Waals surface area contributed by atoms with Crippen LogP contribution < -0.4 is 0 Å². The summed E-state index contributed by atoms with van der Waals surface area (Å²) in [5, 5.41) is 71.5. The fourth-order valence-electron chi connectivity index (χ4n) is 6.31. The van der Waals surface area contributed by atoms with E-state index < -0.39 is 87.2 Å². The number of halogens is 1. The summed E-state index contributed by atoms with van der Waals surface area (Å²) in [4.78, 5) is 17.2. The second kappa shape index (κ2) is 17.7. The number of benzene rings is 2. The minimum absolute atomic E-state index is 0.0857. The molecule has 7 N–H and O–H groups in total. The summed E-state index contributed by atoms with van der Waals surface area (Å²) in [6.07, 6.45) is -16.3. The van der Waals surface area contributed by atoms with Gasteiger partial charge in [-0.2, -0.15) is 0 Å². The van der Waals surface area contributed by atoms with Gasteiger partial charge in [-0.1, -0.05) is 54.1 Å². The molecule has 3 aliphatic heterocycles. The van der Waals surface area contributed by atoms with E-state index >= 15 is 0 Å². The molecule has 2 aromatic carbocycles. The summed E-state index contributed by atoms with van der Waals surface area (Å²) < 4.78 is 27.0. The standard InChI is InChI=1S/C33H45ClN2O13/c34-21-8-6-20(7-9-21)25(19-4-2-1-3-5-19)36-12-10-35(11-13-36)14-15-45-18-24(39)48-32-30(44)28(42)31(23(17-38)47-32)49-33-29(43)27(41)26(40)22(16-37)46-33/h1-9,22-23,25-33,37-38,40-44H,10-18H2/t22-,23-,25?,26+,27+,28-,29-,30-,31-,32?,33+/m1/s1. The van der Waals surface area contributed by atoms with Gasteiger partial charge in [-0.05, 0) is 23.3 Å². The molecule has 3 fully saturated rings. The molecule has 5 rings (SSSR count). The van der Waals surface area contributed by atoms with E-state index in [1.54, 1.807) is 0 Å². The molecule has 11 atom stereocenters. The van der Waals surface area contributed by atoms with Crippen molar-refractivity contribution >= 4 is 17.6 Å². The van der Waals surface area contributed by atoms with Crippen LogP contribution >= 0.6 is 11.6 Å². The molecule has 272 valence electrons. The lowest BCUT2D eigenvalue weighted by molar-refractivity contribution is -0.356. The topological polar surface area (TPSA) is 211 Å². The number of hydrogen-bond acceptors (Lipinski definition) is 15. The molecule has 0 spiro atoms. The van der Waals surface area contributed by atoms with Crippen LogP contribution in [0.3, 0.4) is 0 Å². The van der Waals surface area contributed by atoms with Gasteiger partial charge in [0.1, 0.15) is 55.4 Å². The molecule has 0 saturated carbocycles. The zero-order valence-corrected chi connectivity index (χ0v) is 27.5. The Balaban J connectivity index is 1.05. The van der Waals surface area contributed by atoms with Gasteiger partial charge in [-0.15, -0.1) is 0 Å². The molecule has 0 amide bonds. The first-order valence-corrected chi connectivity index (χ1v) is 16.6. The van der Waals surface area contributed by atoms with Crippen molar-refractivity contribution in [3.8, 4) is 0 Å². The molecule has 3 aliphatic rings. The lowest BCUT2D eigenvalue weighted by Crippen LogP contribution is -2.64. The Morgan fingerprint density at radius 3 is 2.04 bits per heavy atom. The van der Waals surface area contributed by atoms with Crippen molar-refractivity contribution in [1.29, 1.82) is 0 Å². The van der Waals surface area contributed by atoms with E-state index in [9.17, 15) is 40.5 Å². The van der Waals surface area contributed by atoms with Gasteiger partial charge in [0.05, 0.1) is 25.9 Å². The van der Waals surface area contributed by atoms with Gasteiger partial charge in [-0.3, -0.25) is 9.80 Å². The fraction of sp³-hybridized carbons (Fsp3) is 0.606. The summed E-state index contributed by atoms with van der Waals surface area (Å²) in [7, 11) is 0. The van der Waals surface area contributed by atoms with E-state index in [1.165, 1.54) is 5.56 Å². The Bertz CT molecular complexity index is 1300. The molecule has 0 aromatic heterocycles. The molecule has 0 aliphatic carbocycles. The molecular weight excluding hydrogens is 668 g/mol. The summed E-state index contributed by atoms with van der Waals surface area (Å²) in [6, 6.07) is 18.3. The van der Waals surface area contributed by atoms with Crippen LogP contribution in [0.1, 0.15) is 17.2 Å². The van der Waals surface area contributed by atoms with Crippen LogP contribution in [0, 0.1) is 0 Å². The van der Waals surface area contributed by atoms with Gasteiger partial charge in [0.25, 0.3) is 0 Å². The summed E-state index contributed by atoms with van der Waals surface area (Å²) in [5.74, 6) is -0.875. The van der Waals surface area contributed by atoms with Crippen LogP contribution in [0.5, 0.6) is 0 Å². The van der Waals surface area contributed by atoms with E-state index in [4.69, 9.17) is 35.3 Å². The average Bonchev–Trinajstić information content (AvgIpc) is 3.12. The second-order valence-electron chi connectivity index (χ2n) is 12.3. The number of nitrogens with zero attached hydrogens (tertiary/aromatic N) is 2. The predicted molar refractivity (Wildman–Crippen MR) is 171 cm³/mol. The zero-order valence-electron chi connectivity index (χ0n) is 26.8. The molecule has 2 aromatic rings. The molecule has 16 heteroatoms. The van der Waals surface area contributed by atoms with Gasteiger partial charge in [0, 0.05) is 37.7 Å². The number of rotatable bonds is 13. The van der Waals surface area contributed by atoms with Gasteiger partial charge in [-0.25, -0.2) is 4.79 Å². The third-order valence-corrected chi connectivity index (χ3v) is 9.30. The van der Waals surface area contributed by atoms with Crippen LogP contribution in [-0.4, -0.2) is 172 Å². The van der Waals surface area contributed by atoms with Gasteiger partial charge in [0.15, 0.2) is 6.29 Å². The lowest BCUT2D eigenvalue weighted by Gasteiger charge is -2.45. The molecule has 15 nitrogen and oxygen atoms in total. The monoisotopic (exact) mass is 712 g/mol. The van der Waals surface area contributed by atoms with Crippen LogP contribution in [0.15, 0.2) is 54.6 Å². The molecule has 3 heterocycles. The summed E-state index contributed by atoms with van der Waals surface area (Å²) >= 11 is 6.14.